The van der Waals surface area contributed by atoms with Gasteiger partial charge in [-0.25, -0.2) is 4.57 Å². The normalized spacial score (nSPS) is 11.5. The van der Waals surface area contributed by atoms with E-state index in [4.69, 9.17) is 9.05 Å². The molecule has 0 aromatic rings. The molecule has 0 unspecified atom stereocenters. The second-order valence-electron chi connectivity index (χ2n) is 11.9. The minimum absolute atomic E-state index is 0.122. The van der Waals surface area contributed by atoms with Crippen LogP contribution in [0.25, 0.3) is 0 Å². The van der Waals surface area contributed by atoms with E-state index in [1.807, 2.05) is 0 Å². The highest BCUT2D eigenvalue weighted by Crippen LogP contribution is 2.48. The molecule has 0 aliphatic heterocycles. The average Bonchev–Trinajstić information content (AvgIpc) is 2.93. The van der Waals surface area contributed by atoms with Gasteiger partial charge in [-0.1, -0.05) is 168 Å². The lowest BCUT2D eigenvalue weighted by molar-refractivity contribution is -0.138. The van der Waals surface area contributed by atoms with Crippen LogP contribution < -0.4 is 0 Å². The molecule has 0 saturated carbocycles. The molecule has 0 aliphatic carbocycles. The van der Waals surface area contributed by atoms with Gasteiger partial charge in [0.2, 0.25) is 0 Å². The van der Waals surface area contributed by atoms with E-state index < -0.39 is 25.7 Å². The minimum atomic E-state index is -4.07. The molecular weight excluding hydrogens is 535 g/mol. The molecule has 0 bridgehead atoms. The quantitative estimate of drug-likeness (QED) is 0.0433. The molecule has 0 aliphatic rings. The van der Waals surface area contributed by atoms with Gasteiger partial charge < -0.3 is 13.8 Å². The van der Waals surface area contributed by atoms with Gasteiger partial charge in [0, 0.05) is 12.8 Å². The molecule has 0 rings (SSSR count). The number of hydrogen-bond acceptors (Lipinski definition) is 6. The fourth-order valence-electron chi connectivity index (χ4n) is 5.16. The van der Waals surface area contributed by atoms with Gasteiger partial charge in [-0.15, -0.1) is 0 Å². The molecule has 0 atom stereocenters. The van der Waals surface area contributed by atoms with Gasteiger partial charge in [0.05, 0.1) is 0 Å². The molecule has 0 heterocycles. The Morgan fingerprint density at radius 2 is 0.707 bits per heavy atom. The first-order valence-electron chi connectivity index (χ1n) is 17.4. The van der Waals surface area contributed by atoms with Crippen molar-refractivity contribution in [1.82, 2.24) is 0 Å². The maximum Gasteiger partial charge on any atom is 0.442 e. The van der Waals surface area contributed by atoms with Crippen molar-refractivity contribution in [3.05, 3.63) is 0 Å². The van der Waals surface area contributed by atoms with E-state index in [0.29, 0.717) is 19.1 Å². The number of carbonyl (C=O) groups excluding carboxylic acids is 3. The van der Waals surface area contributed by atoms with Crippen molar-refractivity contribution in [1.29, 1.82) is 0 Å². The minimum Gasteiger partial charge on any atom is -0.383 e. The fourth-order valence-corrected chi connectivity index (χ4v) is 6.33. The predicted molar refractivity (Wildman–Crippen MR) is 171 cm³/mol. The summed E-state index contributed by atoms with van der Waals surface area (Å²) in [6, 6.07) is 0. The second kappa shape index (κ2) is 30.3. The van der Waals surface area contributed by atoms with Gasteiger partial charge in [0.1, 0.15) is 12.4 Å². The summed E-state index contributed by atoms with van der Waals surface area (Å²) >= 11 is 0. The van der Waals surface area contributed by atoms with Gasteiger partial charge in [-0.3, -0.25) is 9.59 Å². The molecule has 0 amide bonds. The Hall–Kier alpha value is -1.16. The van der Waals surface area contributed by atoms with Crippen molar-refractivity contribution < 1.29 is 28.0 Å². The van der Waals surface area contributed by atoms with Crippen molar-refractivity contribution in [3.8, 4) is 0 Å². The monoisotopic (exact) mass is 600 g/mol. The van der Waals surface area contributed by atoms with Crippen LogP contribution in [0.3, 0.4) is 0 Å². The Morgan fingerprint density at radius 3 is 0.951 bits per heavy atom. The van der Waals surface area contributed by atoms with Crippen LogP contribution in [0.1, 0.15) is 194 Å². The number of aldehydes is 1. The van der Waals surface area contributed by atoms with Crippen LogP contribution in [0.2, 0.25) is 0 Å². The van der Waals surface area contributed by atoms with E-state index in [1.54, 1.807) is 0 Å². The summed E-state index contributed by atoms with van der Waals surface area (Å²) in [7, 11) is -4.07. The first kappa shape index (κ1) is 39.8. The molecule has 0 spiro atoms. The summed E-state index contributed by atoms with van der Waals surface area (Å²) in [4.78, 5) is 35.4. The first-order valence-corrected chi connectivity index (χ1v) is 19.2. The second-order valence-corrected chi connectivity index (χ2v) is 13.8. The van der Waals surface area contributed by atoms with Gasteiger partial charge >= 0.3 is 19.5 Å². The highest BCUT2D eigenvalue weighted by molar-refractivity contribution is 7.55. The van der Waals surface area contributed by atoms with E-state index >= 15 is 0 Å². The molecule has 0 N–H and O–H groups in total. The topological polar surface area (TPSA) is 86.7 Å². The van der Waals surface area contributed by atoms with E-state index in [9.17, 15) is 18.9 Å². The van der Waals surface area contributed by atoms with Crippen molar-refractivity contribution in [2.24, 2.45) is 0 Å². The Bertz CT molecular complexity index is 618. The lowest BCUT2D eigenvalue weighted by Gasteiger charge is -2.16. The Labute approximate surface area is 253 Å². The molecule has 0 radical (unpaired) electrons. The summed E-state index contributed by atoms with van der Waals surface area (Å²) in [5.41, 5.74) is 0. The smallest absolute Gasteiger partial charge is 0.383 e. The summed E-state index contributed by atoms with van der Waals surface area (Å²) in [5, 5.41) is 0. The summed E-state index contributed by atoms with van der Waals surface area (Å²) in [6.07, 6.45) is 31.3. The van der Waals surface area contributed by atoms with E-state index in [1.165, 1.54) is 116 Å². The lowest BCUT2D eigenvalue weighted by atomic mass is 10.0. The zero-order valence-electron chi connectivity index (χ0n) is 27.0. The largest absolute Gasteiger partial charge is 0.442 e. The molecule has 0 aromatic heterocycles. The van der Waals surface area contributed by atoms with Crippen LogP contribution in [-0.4, -0.2) is 24.4 Å². The van der Waals surface area contributed by atoms with Crippen molar-refractivity contribution >= 4 is 25.8 Å². The zero-order valence-corrected chi connectivity index (χ0v) is 27.9. The standard InChI is InChI=1S/C34H65O6P/c1-3-5-7-9-11-13-15-17-19-21-23-25-27-29-33(36)39-41(38,32-31-35)40-34(37)30-28-26-24-22-20-18-16-14-12-10-8-6-4-2/h31H,3-30,32H2,1-2H3. The molecule has 0 fully saturated rings. The van der Waals surface area contributed by atoms with Gasteiger partial charge in [-0.2, -0.15) is 0 Å². The molecule has 242 valence electrons. The number of unbranched alkanes of at least 4 members (excludes halogenated alkanes) is 24. The van der Waals surface area contributed by atoms with Crippen molar-refractivity contribution in [2.75, 3.05) is 6.16 Å². The maximum atomic E-state index is 12.8. The summed E-state index contributed by atoms with van der Waals surface area (Å²) in [6.45, 7) is 4.49. The summed E-state index contributed by atoms with van der Waals surface area (Å²) in [5.74, 6) is -1.32. The third-order valence-corrected chi connectivity index (χ3v) is 9.31. The third kappa shape index (κ3) is 28.7. The van der Waals surface area contributed by atoms with E-state index in [0.717, 1.165) is 38.5 Å². The maximum absolute atomic E-state index is 12.8. The molecule has 41 heavy (non-hydrogen) atoms. The van der Waals surface area contributed by atoms with Gasteiger partial charge in [-0.05, 0) is 12.8 Å². The number of carbonyl (C=O) groups is 3. The van der Waals surface area contributed by atoms with Gasteiger partial charge in [0.25, 0.3) is 0 Å². The molecular formula is C34H65O6P. The number of hydrogen-bond donors (Lipinski definition) is 0. The average molecular weight is 601 g/mol. The molecule has 6 nitrogen and oxygen atoms in total. The van der Waals surface area contributed by atoms with Crippen LogP contribution in [-0.2, 0) is 28.0 Å². The molecule has 0 aromatic carbocycles. The fraction of sp³-hybridized carbons (Fsp3) is 0.912. The highest BCUT2D eigenvalue weighted by atomic mass is 31.2. The van der Waals surface area contributed by atoms with Crippen LogP contribution >= 0.6 is 7.60 Å². The summed E-state index contributed by atoms with van der Waals surface area (Å²) < 4.78 is 22.8. The van der Waals surface area contributed by atoms with Crippen LogP contribution in [0.5, 0.6) is 0 Å². The first-order chi connectivity index (χ1) is 20.0. The van der Waals surface area contributed by atoms with E-state index in [2.05, 4.69) is 13.8 Å². The van der Waals surface area contributed by atoms with Crippen molar-refractivity contribution in [2.45, 2.75) is 194 Å². The third-order valence-electron chi connectivity index (χ3n) is 7.75. The Morgan fingerprint density at radius 1 is 0.463 bits per heavy atom. The van der Waals surface area contributed by atoms with Crippen LogP contribution in [0.4, 0.5) is 0 Å². The SMILES string of the molecule is CCCCCCCCCCCCCCCC(=O)OP(=O)(CC=O)OC(=O)CCCCCCCCCCCCCCC. The zero-order chi connectivity index (χ0) is 30.3. The Kier molecular flexibility index (Phi) is 29.4. The Balaban J connectivity index is 3.82. The highest BCUT2D eigenvalue weighted by Gasteiger charge is 2.32. The van der Waals surface area contributed by atoms with E-state index in [-0.39, 0.29) is 12.8 Å². The predicted octanol–water partition coefficient (Wildman–Crippen LogP) is 11.4. The van der Waals surface area contributed by atoms with Crippen LogP contribution in [0, 0.1) is 0 Å². The molecule has 7 heteroatoms. The lowest BCUT2D eigenvalue weighted by Crippen LogP contribution is -2.11. The van der Waals surface area contributed by atoms with Crippen LogP contribution in [0.15, 0.2) is 0 Å². The van der Waals surface area contributed by atoms with Gasteiger partial charge in [0.15, 0.2) is 0 Å². The number of rotatable bonds is 32. The molecule has 0 saturated heterocycles. The van der Waals surface area contributed by atoms with Crippen molar-refractivity contribution in [3.63, 3.8) is 0 Å².